The maximum atomic E-state index is 8.14. The number of hydrazine groups is 1. The van der Waals surface area contributed by atoms with Crippen molar-refractivity contribution >= 4 is 33.9 Å². The van der Waals surface area contributed by atoms with Gasteiger partial charge in [-0.05, 0) is 39.8 Å². The monoisotopic (exact) mass is 383 g/mol. The maximum absolute atomic E-state index is 8.14. The topological polar surface area (TPSA) is 140 Å². The average Bonchev–Trinajstić information content (AvgIpc) is 3.00. The second-order valence-corrected chi connectivity index (χ2v) is 7.00. The molecular weight excluding hydrogens is 358 g/mol. The number of thiazole rings is 1. The van der Waals surface area contributed by atoms with Crippen molar-refractivity contribution in [2.24, 2.45) is 17.3 Å². The molecule has 2 rings (SSSR count). The highest BCUT2D eigenvalue weighted by molar-refractivity contribution is 7.14. The van der Waals surface area contributed by atoms with Crippen LogP contribution >= 0.6 is 11.3 Å². The Morgan fingerprint density at radius 1 is 1.19 bits per heavy atom. The fourth-order valence-electron chi connectivity index (χ4n) is 2.71. The summed E-state index contributed by atoms with van der Waals surface area (Å²) in [5.41, 5.74) is 19.7. The molecule has 0 radical (unpaired) electrons. The van der Waals surface area contributed by atoms with Gasteiger partial charge in [-0.2, -0.15) is 0 Å². The Kier molecular flexibility index (Phi) is 6.49. The number of pyridine rings is 1. The molecule has 0 saturated heterocycles. The lowest BCUT2D eigenvalue weighted by atomic mass is 10.0. The Labute approximate surface area is 163 Å². The van der Waals surface area contributed by atoms with Crippen LogP contribution in [0, 0.1) is 5.41 Å². The van der Waals surface area contributed by atoms with E-state index in [1.165, 1.54) is 11.3 Å². The summed E-state index contributed by atoms with van der Waals surface area (Å²) in [5.74, 6) is 5.70. The second-order valence-electron chi connectivity index (χ2n) is 6.00. The second kappa shape index (κ2) is 8.61. The van der Waals surface area contributed by atoms with Gasteiger partial charge in [0.1, 0.15) is 5.01 Å². The van der Waals surface area contributed by atoms with E-state index in [-0.39, 0.29) is 0 Å². The van der Waals surface area contributed by atoms with E-state index in [9.17, 15) is 0 Å². The molecule has 0 spiro atoms. The number of nitrogens with zero attached hydrogens (tertiary/aromatic N) is 2. The number of hydrogen-bond donors (Lipinski definition) is 5. The van der Waals surface area contributed by atoms with Crippen molar-refractivity contribution < 1.29 is 0 Å². The van der Waals surface area contributed by atoms with Crippen molar-refractivity contribution in [1.82, 2.24) is 15.4 Å². The number of hydrogen-bond acceptors (Lipinski definition) is 8. The molecule has 0 aliphatic heterocycles. The summed E-state index contributed by atoms with van der Waals surface area (Å²) in [6.45, 7) is 7.13. The fourth-order valence-corrected chi connectivity index (χ4v) is 3.94. The molecule has 8 N–H and O–H groups in total. The van der Waals surface area contributed by atoms with Gasteiger partial charge in [0.05, 0.1) is 27.5 Å². The molecular formula is C19H25N7S. The molecule has 0 aromatic carbocycles. The van der Waals surface area contributed by atoms with Crippen molar-refractivity contribution in [3.63, 3.8) is 0 Å². The Morgan fingerprint density at radius 3 is 2.33 bits per heavy atom. The molecule has 0 amide bonds. The van der Waals surface area contributed by atoms with Crippen LogP contribution in [0.4, 0.5) is 0 Å². The first kappa shape index (κ1) is 20.3. The number of nitrogens with two attached hydrogens (primary N) is 3. The summed E-state index contributed by atoms with van der Waals surface area (Å²) in [7, 11) is 0. The lowest BCUT2D eigenvalue weighted by Crippen LogP contribution is -2.20. The third kappa shape index (κ3) is 4.24. The Bertz CT molecular complexity index is 928. The summed E-state index contributed by atoms with van der Waals surface area (Å²) in [6, 6.07) is 5.63. The van der Waals surface area contributed by atoms with E-state index in [2.05, 4.69) is 10.4 Å². The molecule has 2 aromatic rings. The zero-order valence-corrected chi connectivity index (χ0v) is 16.7. The molecule has 0 aliphatic rings. The van der Waals surface area contributed by atoms with Gasteiger partial charge in [-0.3, -0.25) is 10.8 Å². The van der Waals surface area contributed by atoms with E-state index < -0.39 is 0 Å². The molecule has 7 nitrogen and oxygen atoms in total. The first-order valence-electron chi connectivity index (χ1n) is 8.36. The molecule has 0 bridgehead atoms. The lowest BCUT2D eigenvalue weighted by Gasteiger charge is -2.10. The van der Waals surface area contributed by atoms with E-state index in [1.807, 2.05) is 38.1 Å². The van der Waals surface area contributed by atoms with Crippen LogP contribution in [0.2, 0.25) is 0 Å². The number of nitrogens with one attached hydrogen (secondary N) is 2. The maximum Gasteiger partial charge on any atom is 0.128 e. The Balaban J connectivity index is 2.81. The molecule has 142 valence electrons. The number of aromatic nitrogens is 2. The molecule has 2 aromatic heterocycles. The predicted octanol–water partition coefficient (Wildman–Crippen LogP) is 2.83. The third-order valence-corrected chi connectivity index (χ3v) is 4.96. The normalized spacial score (nSPS) is 13.7. The molecule has 27 heavy (non-hydrogen) atoms. The first-order valence-corrected chi connectivity index (χ1v) is 9.17. The van der Waals surface area contributed by atoms with E-state index in [1.54, 1.807) is 20.0 Å². The molecule has 0 unspecified atom stereocenters. The van der Waals surface area contributed by atoms with Crippen molar-refractivity contribution in [2.45, 2.75) is 27.7 Å². The SMILES string of the molecule is CC=C(NN)c1sc(C(=C(C)N)c2ccccn2)nc1C(C(C)=N)=C(C)N. The highest BCUT2D eigenvalue weighted by Gasteiger charge is 2.23. The van der Waals surface area contributed by atoms with E-state index >= 15 is 0 Å². The molecule has 0 saturated carbocycles. The van der Waals surface area contributed by atoms with Crippen molar-refractivity contribution in [2.75, 3.05) is 0 Å². The van der Waals surface area contributed by atoms with E-state index in [0.717, 1.165) is 16.1 Å². The van der Waals surface area contributed by atoms with E-state index in [0.29, 0.717) is 39.1 Å². The van der Waals surface area contributed by atoms with Gasteiger partial charge in [-0.15, -0.1) is 11.3 Å². The third-order valence-electron chi connectivity index (χ3n) is 3.85. The molecule has 0 fully saturated rings. The minimum Gasteiger partial charge on any atom is -0.402 e. The van der Waals surface area contributed by atoms with Crippen molar-refractivity contribution in [3.8, 4) is 0 Å². The van der Waals surface area contributed by atoms with Gasteiger partial charge in [0, 0.05) is 28.9 Å². The number of allylic oxidation sites excluding steroid dienone is 4. The smallest absolute Gasteiger partial charge is 0.128 e. The summed E-state index contributed by atoms with van der Waals surface area (Å²) >= 11 is 1.43. The van der Waals surface area contributed by atoms with Gasteiger partial charge < -0.3 is 22.3 Å². The summed E-state index contributed by atoms with van der Waals surface area (Å²) in [4.78, 5) is 9.99. The van der Waals surface area contributed by atoms with E-state index in [4.69, 9.17) is 27.7 Å². The van der Waals surface area contributed by atoms with Crippen LogP contribution < -0.4 is 22.7 Å². The minimum absolute atomic E-state index is 0.327. The quantitative estimate of drug-likeness (QED) is 0.295. The van der Waals surface area contributed by atoms with Crippen LogP contribution in [0.25, 0.3) is 16.8 Å². The summed E-state index contributed by atoms with van der Waals surface area (Å²) in [5, 5.41) is 8.83. The van der Waals surface area contributed by atoms with Gasteiger partial charge in [-0.1, -0.05) is 12.1 Å². The highest BCUT2D eigenvalue weighted by Crippen LogP contribution is 2.36. The lowest BCUT2D eigenvalue weighted by molar-refractivity contribution is 0.992. The Morgan fingerprint density at radius 2 is 1.89 bits per heavy atom. The van der Waals surface area contributed by atoms with Gasteiger partial charge >= 0.3 is 0 Å². The van der Waals surface area contributed by atoms with Crippen molar-refractivity contribution in [1.29, 1.82) is 5.41 Å². The van der Waals surface area contributed by atoms with Gasteiger partial charge in [-0.25, -0.2) is 4.98 Å². The average molecular weight is 384 g/mol. The van der Waals surface area contributed by atoms with Crippen molar-refractivity contribution in [3.05, 3.63) is 63.1 Å². The standard InChI is InChI=1S/C19H25N7S/c1-5-13(26-23)18-17(15(10(2)20)11(3)21)25-19(27-18)16(12(4)22)14-8-6-7-9-24-14/h5-9,20,26H,21-23H2,1-4H3. The zero-order valence-electron chi connectivity index (χ0n) is 15.9. The molecule has 8 heteroatoms. The molecule has 2 heterocycles. The fraction of sp³-hybridized carbons (Fsp3) is 0.211. The van der Waals surface area contributed by atoms with Crippen LogP contribution in [0.1, 0.15) is 49.0 Å². The summed E-state index contributed by atoms with van der Waals surface area (Å²) in [6.07, 6.45) is 3.56. The van der Waals surface area contributed by atoms with Crippen LogP contribution in [0.3, 0.4) is 0 Å². The van der Waals surface area contributed by atoms with Crippen LogP contribution in [0.15, 0.2) is 41.9 Å². The van der Waals surface area contributed by atoms with Crippen LogP contribution in [0.5, 0.6) is 0 Å². The first-order chi connectivity index (χ1) is 12.8. The molecule has 0 atom stereocenters. The number of rotatable bonds is 6. The van der Waals surface area contributed by atoms with Gasteiger partial charge in [0.2, 0.25) is 0 Å². The van der Waals surface area contributed by atoms with Gasteiger partial charge in [0.25, 0.3) is 0 Å². The summed E-state index contributed by atoms with van der Waals surface area (Å²) < 4.78 is 0. The van der Waals surface area contributed by atoms with Crippen LogP contribution in [-0.4, -0.2) is 15.7 Å². The molecule has 0 aliphatic carbocycles. The van der Waals surface area contributed by atoms with Gasteiger partial charge in [0.15, 0.2) is 0 Å². The largest absolute Gasteiger partial charge is 0.402 e. The predicted molar refractivity (Wildman–Crippen MR) is 113 cm³/mol. The van der Waals surface area contributed by atoms with Crippen LogP contribution in [-0.2, 0) is 0 Å². The minimum atomic E-state index is 0.327. The highest BCUT2D eigenvalue weighted by atomic mass is 32.1. The Hall–Kier alpha value is -2.97. The zero-order chi connectivity index (χ0) is 20.1.